The Hall–Kier alpha value is -1.33. The van der Waals surface area contributed by atoms with E-state index in [1.165, 1.54) is 0 Å². The van der Waals surface area contributed by atoms with Crippen molar-refractivity contribution in [3.63, 3.8) is 0 Å². The van der Waals surface area contributed by atoms with Crippen LogP contribution in [0.3, 0.4) is 0 Å². The van der Waals surface area contributed by atoms with Gasteiger partial charge >= 0.3 is 0 Å². The highest BCUT2D eigenvalue weighted by Gasteiger charge is 2.13. The zero-order valence-corrected chi connectivity index (χ0v) is 10.9. The maximum atomic E-state index is 4.50. The van der Waals surface area contributed by atoms with Crippen LogP contribution >= 0.6 is 11.3 Å². The Morgan fingerprint density at radius 2 is 2.29 bits per heavy atom. The molecule has 1 atom stereocenters. The molecule has 1 unspecified atom stereocenters. The van der Waals surface area contributed by atoms with E-state index in [4.69, 9.17) is 0 Å². The van der Waals surface area contributed by atoms with Crippen LogP contribution in [0.25, 0.3) is 0 Å². The standard InChI is InChI=1S/C12H16N4S/c1-3-13-11(10-4-5-14-15-7-10)6-12-16-9(2)8-17-12/h4-5,7-8,11,13H,3,6H2,1-2H3. The van der Waals surface area contributed by atoms with E-state index in [0.717, 1.165) is 29.2 Å². The average molecular weight is 248 g/mol. The average Bonchev–Trinajstić information content (AvgIpc) is 2.75. The molecule has 0 aromatic carbocycles. The van der Waals surface area contributed by atoms with Gasteiger partial charge in [0.1, 0.15) is 0 Å². The van der Waals surface area contributed by atoms with Crippen molar-refractivity contribution in [1.29, 1.82) is 0 Å². The van der Waals surface area contributed by atoms with Gasteiger partial charge in [-0.25, -0.2) is 4.98 Å². The molecule has 0 aliphatic heterocycles. The third-order valence-electron chi connectivity index (χ3n) is 2.51. The first-order valence-electron chi connectivity index (χ1n) is 5.70. The van der Waals surface area contributed by atoms with Crippen molar-refractivity contribution in [2.24, 2.45) is 0 Å². The molecule has 2 aromatic rings. The van der Waals surface area contributed by atoms with E-state index < -0.39 is 0 Å². The Balaban J connectivity index is 2.13. The maximum absolute atomic E-state index is 4.50. The molecule has 2 aromatic heterocycles. The second-order valence-corrected chi connectivity index (χ2v) is 4.82. The molecule has 2 heterocycles. The summed E-state index contributed by atoms with van der Waals surface area (Å²) in [6.45, 7) is 5.06. The van der Waals surface area contributed by atoms with Gasteiger partial charge in [0, 0.05) is 29.7 Å². The second-order valence-electron chi connectivity index (χ2n) is 3.87. The zero-order valence-electron chi connectivity index (χ0n) is 10.1. The summed E-state index contributed by atoms with van der Waals surface area (Å²) < 4.78 is 0. The summed E-state index contributed by atoms with van der Waals surface area (Å²) in [7, 11) is 0. The van der Waals surface area contributed by atoms with Crippen molar-refractivity contribution in [1.82, 2.24) is 20.5 Å². The maximum Gasteiger partial charge on any atom is 0.0947 e. The number of likely N-dealkylation sites (N-methyl/N-ethyl adjacent to an activating group) is 1. The number of hydrogen-bond acceptors (Lipinski definition) is 5. The molecule has 2 rings (SSSR count). The molecule has 0 aliphatic carbocycles. The summed E-state index contributed by atoms with van der Waals surface area (Å²) in [4.78, 5) is 4.50. The monoisotopic (exact) mass is 248 g/mol. The number of thiazole rings is 1. The van der Waals surface area contributed by atoms with Gasteiger partial charge in [-0.05, 0) is 25.1 Å². The van der Waals surface area contributed by atoms with Gasteiger partial charge < -0.3 is 5.32 Å². The van der Waals surface area contributed by atoms with E-state index in [1.807, 2.05) is 19.2 Å². The minimum absolute atomic E-state index is 0.265. The third-order valence-corrected chi connectivity index (χ3v) is 3.49. The van der Waals surface area contributed by atoms with E-state index >= 15 is 0 Å². The summed E-state index contributed by atoms with van der Waals surface area (Å²) in [6.07, 6.45) is 4.44. The van der Waals surface area contributed by atoms with E-state index in [2.05, 4.69) is 32.8 Å². The van der Waals surface area contributed by atoms with E-state index in [9.17, 15) is 0 Å². The van der Waals surface area contributed by atoms with Gasteiger partial charge in [0.2, 0.25) is 0 Å². The van der Waals surface area contributed by atoms with Crippen LogP contribution in [0.4, 0.5) is 0 Å². The highest BCUT2D eigenvalue weighted by molar-refractivity contribution is 7.09. The van der Waals surface area contributed by atoms with E-state index in [-0.39, 0.29) is 6.04 Å². The van der Waals surface area contributed by atoms with Crippen molar-refractivity contribution in [2.45, 2.75) is 26.3 Å². The van der Waals surface area contributed by atoms with Gasteiger partial charge in [0.25, 0.3) is 0 Å². The summed E-state index contributed by atoms with van der Waals surface area (Å²) in [5.41, 5.74) is 2.25. The summed E-state index contributed by atoms with van der Waals surface area (Å²) >= 11 is 1.71. The van der Waals surface area contributed by atoms with Gasteiger partial charge in [-0.2, -0.15) is 10.2 Å². The fraction of sp³-hybridized carbons (Fsp3) is 0.417. The molecule has 17 heavy (non-hydrogen) atoms. The first-order valence-corrected chi connectivity index (χ1v) is 6.58. The first kappa shape index (κ1) is 12.1. The van der Waals surface area contributed by atoms with Gasteiger partial charge in [-0.3, -0.25) is 0 Å². The molecule has 0 saturated heterocycles. The number of rotatable bonds is 5. The van der Waals surface area contributed by atoms with Crippen LogP contribution in [0.1, 0.15) is 29.2 Å². The van der Waals surface area contributed by atoms with Gasteiger partial charge in [0.15, 0.2) is 0 Å². The van der Waals surface area contributed by atoms with Crippen LogP contribution in [0.15, 0.2) is 23.8 Å². The van der Waals surface area contributed by atoms with Crippen LogP contribution in [0.5, 0.6) is 0 Å². The van der Waals surface area contributed by atoms with Crippen molar-refractivity contribution >= 4 is 11.3 Å². The first-order chi connectivity index (χ1) is 8.29. The number of nitrogens with one attached hydrogen (secondary N) is 1. The quantitative estimate of drug-likeness (QED) is 0.880. The van der Waals surface area contributed by atoms with Gasteiger partial charge in [0.05, 0.1) is 11.2 Å². The van der Waals surface area contributed by atoms with Crippen LogP contribution < -0.4 is 5.32 Å². The van der Waals surface area contributed by atoms with Crippen molar-refractivity contribution in [3.8, 4) is 0 Å². The minimum Gasteiger partial charge on any atom is -0.310 e. The van der Waals surface area contributed by atoms with Crippen molar-refractivity contribution in [2.75, 3.05) is 6.54 Å². The normalized spacial score (nSPS) is 12.6. The predicted molar refractivity (Wildman–Crippen MR) is 69.0 cm³/mol. The molecule has 0 amide bonds. The van der Waals surface area contributed by atoms with E-state index in [1.54, 1.807) is 17.5 Å². The Bertz CT molecular complexity index is 455. The van der Waals surface area contributed by atoms with Crippen LogP contribution in [-0.2, 0) is 6.42 Å². The van der Waals surface area contributed by atoms with Gasteiger partial charge in [-0.1, -0.05) is 6.92 Å². The largest absolute Gasteiger partial charge is 0.310 e. The predicted octanol–water partition coefficient (Wildman–Crippen LogP) is 2.13. The Morgan fingerprint density at radius 3 is 2.88 bits per heavy atom. The topological polar surface area (TPSA) is 50.7 Å². The summed E-state index contributed by atoms with van der Waals surface area (Å²) in [5.74, 6) is 0. The molecule has 5 heteroatoms. The molecular weight excluding hydrogens is 232 g/mol. The molecular formula is C12H16N4S. The fourth-order valence-corrected chi connectivity index (χ4v) is 2.55. The van der Waals surface area contributed by atoms with E-state index in [0.29, 0.717) is 0 Å². The van der Waals surface area contributed by atoms with Crippen LogP contribution in [-0.4, -0.2) is 21.7 Å². The third kappa shape index (κ3) is 3.31. The van der Waals surface area contributed by atoms with Gasteiger partial charge in [-0.15, -0.1) is 11.3 Å². The molecule has 4 nitrogen and oxygen atoms in total. The molecule has 0 bridgehead atoms. The zero-order chi connectivity index (χ0) is 12.1. The smallest absolute Gasteiger partial charge is 0.0947 e. The molecule has 0 saturated carbocycles. The minimum atomic E-state index is 0.265. The summed E-state index contributed by atoms with van der Waals surface area (Å²) in [6, 6.07) is 2.27. The van der Waals surface area contributed by atoms with Crippen molar-refractivity contribution < 1.29 is 0 Å². The lowest BCUT2D eigenvalue weighted by molar-refractivity contribution is 0.545. The lowest BCUT2D eigenvalue weighted by Crippen LogP contribution is -2.23. The second kappa shape index (κ2) is 5.84. The van der Waals surface area contributed by atoms with Crippen molar-refractivity contribution in [3.05, 3.63) is 40.1 Å². The highest BCUT2D eigenvalue weighted by atomic mass is 32.1. The Kier molecular flexibility index (Phi) is 4.17. The number of aromatic nitrogens is 3. The number of nitrogens with zero attached hydrogens (tertiary/aromatic N) is 3. The highest BCUT2D eigenvalue weighted by Crippen LogP contribution is 2.19. The Morgan fingerprint density at radius 1 is 1.41 bits per heavy atom. The van der Waals surface area contributed by atoms with Crippen LogP contribution in [0, 0.1) is 6.92 Å². The molecule has 0 aliphatic rings. The molecule has 0 spiro atoms. The molecule has 90 valence electrons. The number of hydrogen-bond donors (Lipinski definition) is 1. The lowest BCUT2D eigenvalue weighted by Gasteiger charge is -2.16. The Labute approximate surface area is 105 Å². The summed E-state index contributed by atoms with van der Waals surface area (Å²) in [5, 5.41) is 14.4. The SMILES string of the molecule is CCNC(Cc1nc(C)cs1)c1ccnnc1. The van der Waals surface area contributed by atoms with Crippen LogP contribution in [0.2, 0.25) is 0 Å². The molecule has 0 fully saturated rings. The lowest BCUT2D eigenvalue weighted by atomic mass is 10.1. The molecule has 0 radical (unpaired) electrons. The molecule has 1 N–H and O–H groups in total. The number of aryl methyl sites for hydroxylation is 1. The fourth-order valence-electron chi connectivity index (χ4n) is 1.73.